The lowest BCUT2D eigenvalue weighted by atomic mass is 10.2. The number of rotatable bonds is 3. The van der Waals surface area contributed by atoms with Crippen LogP contribution in [0.15, 0.2) is 48.8 Å². The van der Waals surface area contributed by atoms with Crippen LogP contribution in [0.25, 0.3) is 0 Å². The second kappa shape index (κ2) is 4.57. The van der Waals surface area contributed by atoms with Crippen LogP contribution in [0.5, 0.6) is 0 Å². The number of hydrogen-bond donors (Lipinski definition) is 2. The largest absolute Gasteiger partial charge is 0.355 e. The molecule has 1 aromatic heterocycles. The number of benzene rings is 1. The Morgan fingerprint density at radius 3 is 2.60 bits per heavy atom. The highest BCUT2D eigenvalue weighted by Gasteiger charge is 1.94. The third kappa shape index (κ3) is 2.54. The van der Waals surface area contributed by atoms with Crippen LogP contribution < -0.4 is 11.1 Å². The maximum atomic E-state index is 5.57. The Bertz CT molecular complexity index is 426. The summed E-state index contributed by atoms with van der Waals surface area (Å²) in [5, 5.41) is 3.28. The molecule has 2 aromatic rings. The Hall–Kier alpha value is -1.87. The minimum Gasteiger partial charge on any atom is -0.355 e. The van der Waals surface area contributed by atoms with E-state index in [0.717, 1.165) is 16.9 Å². The van der Waals surface area contributed by atoms with Crippen molar-refractivity contribution in [2.24, 2.45) is 5.73 Å². The summed E-state index contributed by atoms with van der Waals surface area (Å²) in [4.78, 5) is 3.96. The Balaban J connectivity index is 2.17. The van der Waals surface area contributed by atoms with E-state index in [1.165, 1.54) is 0 Å². The molecule has 0 saturated carbocycles. The van der Waals surface area contributed by atoms with Gasteiger partial charge in [-0.2, -0.15) is 0 Å². The molecule has 0 spiro atoms. The van der Waals surface area contributed by atoms with Crippen molar-refractivity contribution >= 4 is 11.4 Å². The molecule has 0 saturated heterocycles. The van der Waals surface area contributed by atoms with Gasteiger partial charge in [0, 0.05) is 30.3 Å². The van der Waals surface area contributed by atoms with Crippen LogP contribution in [0.1, 0.15) is 5.56 Å². The second-order valence-corrected chi connectivity index (χ2v) is 3.27. The molecule has 1 heterocycles. The van der Waals surface area contributed by atoms with Gasteiger partial charge in [0.1, 0.15) is 0 Å². The average molecular weight is 199 g/mol. The van der Waals surface area contributed by atoms with E-state index >= 15 is 0 Å². The van der Waals surface area contributed by atoms with Gasteiger partial charge in [-0.15, -0.1) is 0 Å². The number of anilines is 2. The first-order chi connectivity index (χ1) is 7.38. The van der Waals surface area contributed by atoms with Crippen LogP contribution in [0.4, 0.5) is 11.4 Å². The number of nitrogens with zero attached hydrogens (tertiary/aromatic N) is 1. The molecule has 0 aliphatic carbocycles. The van der Waals surface area contributed by atoms with Crippen molar-refractivity contribution in [3.63, 3.8) is 0 Å². The first-order valence-electron chi connectivity index (χ1n) is 4.84. The monoisotopic (exact) mass is 199 g/mol. The molecule has 0 aliphatic rings. The van der Waals surface area contributed by atoms with Gasteiger partial charge >= 0.3 is 0 Å². The topological polar surface area (TPSA) is 50.9 Å². The smallest absolute Gasteiger partial charge is 0.0415 e. The van der Waals surface area contributed by atoms with Gasteiger partial charge in [0.15, 0.2) is 0 Å². The van der Waals surface area contributed by atoms with E-state index in [1.807, 2.05) is 36.4 Å². The molecular weight excluding hydrogens is 186 g/mol. The quantitative estimate of drug-likeness (QED) is 0.797. The van der Waals surface area contributed by atoms with Gasteiger partial charge in [-0.25, -0.2) is 0 Å². The van der Waals surface area contributed by atoms with E-state index in [9.17, 15) is 0 Å². The number of aromatic nitrogens is 1. The van der Waals surface area contributed by atoms with Crippen molar-refractivity contribution in [2.45, 2.75) is 6.54 Å². The minimum absolute atomic E-state index is 0.561. The molecule has 3 heteroatoms. The van der Waals surface area contributed by atoms with Crippen molar-refractivity contribution in [3.05, 3.63) is 54.4 Å². The molecule has 15 heavy (non-hydrogen) atoms. The molecule has 0 amide bonds. The maximum Gasteiger partial charge on any atom is 0.0415 e. The van der Waals surface area contributed by atoms with E-state index in [-0.39, 0.29) is 0 Å². The van der Waals surface area contributed by atoms with Crippen molar-refractivity contribution in [2.75, 3.05) is 5.32 Å². The Morgan fingerprint density at radius 2 is 1.87 bits per heavy atom. The van der Waals surface area contributed by atoms with Gasteiger partial charge in [0.25, 0.3) is 0 Å². The average Bonchev–Trinajstić information content (AvgIpc) is 2.31. The van der Waals surface area contributed by atoms with E-state index in [1.54, 1.807) is 12.4 Å². The zero-order chi connectivity index (χ0) is 10.5. The standard InChI is InChI=1S/C12H13N3/c13-9-10-2-1-3-12(8-10)15-11-4-6-14-7-5-11/h1-8H,9,13H2,(H,14,15). The SMILES string of the molecule is NCc1cccc(Nc2ccncc2)c1. The molecule has 0 fully saturated rings. The molecule has 0 unspecified atom stereocenters. The summed E-state index contributed by atoms with van der Waals surface area (Å²) in [6.07, 6.45) is 3.52. The molecular formula is C12H13N3. The normalized spacial score (nSPS) is 9.93. The Morgan fingerprint density at radius 1 is 1.07 bits per heavy atom. The highest BCUT2D eigenvalue weighted by Crippen LogP contribution is 2.16. The fourth-order valence-corrected chi connectivity index (χ4v) is 1.38. The molecule has 0 aliphatic heterocycles. The summed E-state index contributed by atoms with van der Waals surface area (Å²) in [5.74, 6) is 0. The van der Waals surface area contributed by atoms with Crippen molar-refractivity contribution in [3.8, 4) is 0 Å². The third-order valence-electron chi connectivity index (χ3n) is 2.13. The van der Waals surface area contributed by atoms with Crippen LogP contribution in [0.2, 0.25) is 0 Å². The van der Waals surface area contributed by atoms with Gasteiger partial charge in [-0.1, -0.05) is 12.1 Å². The number of nitrogens with one attached hydrogen (secondary N) is 1. The molecule has 3 nitrogen and oxygen atoms in total. The van der Waals surface area contributed by atoms with Crippen LogP contribution in [0.3, 0.4) is 0 Å². The van der Waals surface area contributed by atoms with Crippen molar-refractivity contribution < 1.29 is 0 Å². The molecule has 0 atom stereocenters. The number of nitrogens with two attached hydrogens (primary N) is 1. The third-order valence-corrected chi connectivity index (χ3v) is 2.13. The minimum atomic E-state index is 0.561. The van der Waals surface area contributed by atoms with Crippen LogP contribution in [-0.4, -0.2) is 4.98 Å². The predicted octanol–water partition coefficient (Wildman–Crippen LogP) is 2.28. The Labute approximate surface area is 89.0 Å². The van der Waals surface area contributed by atoms with Crippen LogP contribution in [-0.2, 0) is 6.54 Å². The van der Waals surface area contributed by atoms with Gasteiger partial charge < -0.3 is 11.1 Å². The summed E-state index contributed by atoms with van der Waals surface area (Å²) >= 11 is 0. The summed E-state index contributed by atoms with van der Waals surface area (Å²) < 4.78 is 0. The zero-order valence-corrected chi connectivity index (χ0v) is 8.35. The molecule has 0 bridgehead atoms. The van der Waals surface area contributed by atoms with Crippen LogP contribution in [0, 0.1) is 0 Å². The molecule has 0 radical (unpaired) electrons. The van der Waals surface area contributed by atoms with E-state index in [2.05, 4.69) is 10.3 Å². The second-order valence-electron chi connectivity index (χ2n) is 3.27. The summed E-state index contributed by atoms with van der Waals surface area (Å²) in [5.41, 5.74) is 8.77. The number of pyridine rings is 1. The first kappa shape index (κ1) is 9.68. The fourth-order valence-electron chi connectivity index (χ4n) is 1.38. The van der Waals surface area contributed by atoms with Crippen LogP contribution >= 0.6 is 0 Å². The predicted molar refractivity (Wildman–Crippen MR) is 61.9 cm³/mol. The number of hydrogen-bond acceptors (Lipinski definition) is 3. The van der Waals surface area contributed by atoms with E-state index in [4.69, 9.17) is 5.73 Å². The zero-order valence-electron chi connectivity index (χ0n) is 8.35. The van der Waals surface area contributed by atoms with Gasteiger partial charge in [0.05, 0.1) is 0 Å². The summed E-state index contributed by atoms with van der Waals surface area (Å²) in [6, 6.07) is 11.9. The lowest BCUT2D eigenvalue weighted by Gasteiger charge is -2.06. The highest BCUT2D eigenvalue weighted by atomic mass is 14.9. The van der Waals surface area contributed by atoms with Gasteiger partial charge in [-0.05, 0) is 29.8 Å². The van der Waals surface area contributed by atoms with Gasteiger partial charge in [0.2, 0.25) is 0 Å². The lowest BCUT2D eigenvalue weighted by Crippen LogP contribution is -1.97. The molecule has 1 aromatic carbocycles. The molecule has 3 N–H and O–H groups in total. The van der Waals surface area contributed by atoms with E-state index < -0.39 is 0 Å². The molecule has 2 rings (SSSR count). The molecule has 76 valence electrons. The van der Waals surface area contributed by atoms with Crippen molar-refractivity contribution in [1.29, 1.82) is 0 Å². The Kier molecular flexibility index (Phi) is 2.95. The van der Waals surface area contributed by atoms with Crippen molar-refractivity contribution in [1.82, 2.24) is 4.98 Å². The van der Waals surface area contributed by atoms with Gasteiger partial charge in [-0.3, -0.25) is 4.98 Å². The summed E-state index contributed by atoms with van der Waals surface area (Å²) in [7, 11) is 0. The fraction of sp³-hybridized carbons (Fsp3) is 0.0833. The summed E-state index contributed by atoms with van der Waals surface area (Å²) in [6.45, 7) is 0.561. The lowest BCUT2D eigenvalue weighted by molar-refractivity contribution is 1.07. The maximum absolute atomic E-state index is 5.57. The van der Waals surface area contributed by atoms with E-state index in [0.29, 0.717) is 6.54 Å². The first-order valence-corrected chi connectivity index (χ1v) is 4.84. The highest BCUT2D eigenvalue weighted by molar-refractivity contribution is 5.59.